The van der Waals surface area contributed by atoms with E-state index in [1.165, 1.54) is 29.5 Å². The second-order valence-corrected chi connectivity index (χ2v) is 16.8. The van der Waals surface area contributed by atoms with E-state index in [0.717, 1.165) is 27.2 Å². The first-order valence-electron chi connectivity index (χ1n) is 17.1. The van der Waals surface area contributed by atoms with Gasteiger partial charge in [0.05, 0.1) is 0 Å². The summed E-state index contributed by atoms with van der Waals surface area (Å²) in [6, 6.07) is 26.3. The van der Waals surface area contributed by atoms with Gasteiger partial charge in [-0.05, 0) is 65.3 Å². The molecule has 2 unspecified atom stereocenters. The van der Waals surface area contributed by atoms with Gasteiger partial charge in [0.25, 0.3) is 0 Å². The zero-order chi connectivity index (χ0) is 33.1. The Balaban J connectivity index is 0.00000401. The molecule has 5 nitrogen and oxygen atoms in total. The molecule has 3 aromatic carbocycles. The predicted molar refractivity (Wildman–Crippen MR) is 196 cm³/mol. The van der Waals surface area contributed by atoms with E-state index in [2.05, 4.69) is 137 Å². The Morgan fingerprint density at radius 2 is 1.56 bits per heavy atom. The molecule has 7 heteroatoms. The van der Waals surface area contributed by atoms with Crippen LogP contribution in [0.25, 0.3) is 26.9 Å². The van der Waals surface area contributed by atoms with Crippen LogP contribution in [0.4, 0.5) is 5.69 Å². The average Bonchev–Trinajstić information content (AvgIpc) is 3.78. The Labute approximate surface area is 305 Å². The molecule has 256 valence electrons. The molecule has 1 aliphatic carbocycles. The van der Waals surface area contributed by atoms with Gasteiger partial charge in [-0.25, -0.2) is 4.98 Å². The number of anilines is 1. The van der Waals surface area contributed by atoms with Crippen LogP contribution in [0, 0.1) is 41.5 Å². The van der Waals surface area contributed by atoms with E-state index >= 15 is 0 Å². The van der Waals surface area contributed by atoms with Crippen molar-refractivity contribution in [1.29, 1.82) is 0 Å². The molecule has 2 atom stereocenters. The van der Waals surface area contributed by atoms with Gasteiger partial charge in [0.2, 0.25) is 0 Å². The van der Waals surface area contributed by atoms with Crippen LogP contribution in [0.2, 0.25) is 0 Å². The number of benzene rings is 3. The summed E-state index contributed by atoms with van der Waals surface area (Å²) < 4.78 is 8.68. The number of para-hydroxylation sites is 1. The first-order chi connectivity index (χ1) is 22.4. The molecule has 1 aliphatic heterocycles. The van der Waals surface area contributed by atoms with Gasteiger partial charge in [-0.3, -0.25) is 0 Å². The molecule has 1 fully saturated rings. The molecule has 3 heterocycles. The van der Waals surface area contributed by atoms with Gasteiger partial charge >= 0.3 is 0 Å². The molecule has 48 heavy (non-hydrogen) atoms. The van der Waals surface area contributed by atoms with E-state index in [1.807, 2.05) is 24.4 Å². The fourth-order valence-electron chi connectivity index (χ4n) is 7.72. The summed E-state index contributed by atoms with van der Waals surface area (Å²) >= 11 is 1.73. The van der Waals surface area contributed by atoms with Crippen molar-refractivity contribution in [2.45, 2.75) is 86.6 Å². The molecular weight excluding hydrogens is 792 g/mol. The predicted octanol–water partition coefficient (Wildman–Crippen LogP) is 11.3. The van der Waals surface area contributed by atoms with Crippen LogP contribution in [0.1, 0.15) is 85.4 Å². The van der Waals surface area contributed by atoms with Gasteiger partial charge in [0.1, 0.15) is 0 Å². The van der Waals surface area contributed by atoms with Crippen molar-refractivity contribution < 1.29 is 25.8 Å². The fourth-order valence-corrected chi connectivity index (χ4v) is 8.66. The van der Waals surface area contributed by atoms with Gasteiger partial charge in [-0.2, -0.15) is 18.8 Å². The van der Waals surface area contributed by atoms with Crippen LogP contribution in [0.5, 0.6) is 11.5 Å². The molecule has 2 aliphatic rings. The maximum absolute atomic E-state index is 6.46. The summed E-state index contributed by atoms with van der Waals surface area (Å²) in [6.07, 6.45) is 10.3. The quantitative estimate of drug-likeness (QED) is 0.160. The smallest absolute Gasteiger partial charge is 0.192 e. The first kappa shape index (κ1) is 34.8. The number of hydrogen-bond acceptors (Lipinski definition) is 5. The molecule has 7 rings (SSSR count). The Bertz CT molecular complexity index is 1900. The Morgan fingerprint density at radius 1 is 0.854 bits per heavy atom. The molecule has 0 spiro atoms. The number of aromatic nitrogens is 2. The molecule has 0 radical (unpaired) electrons. The number of thiazole rings is 1. The molecule has 0 bridgehead atoms. The van der Waals surface area contributed by atoms with Crippen LogP contribution in [-0.4, -0.2) is 20.5 Å². The third-order valence-electron chi connectivity index (χ3n) is 10.2. The van der Waals surface area contributed by atoms with Crippen LogP contribution < -0.4 is 9.64 Å². The standard InChI is InChI=1S/C41H47N4OS.Pt/c1-27(2)37-25-42-39(47-37)45-35-18-10-9-15-31(35)32-20-19-30(24-36(32)45)46-29-14-11-13-28(23-29)43-21-22-44(26-43)38-33(40(3,4)5)16-12-17-34(38)41(6,7)8;/h9-11,13-15,18-22,25-27,33-34,38H,12,16-17H2,1-8H3;/q-3;. The van der Waals surface area contributed by atoms with Crippen molar-refractivity contribution in [2.75, 3.05) is 4.90 Å². The zero-order valence-electron chi connectivity index (χ0n) is 29.4. The van der Waals surface area contributed by atoms with Gasteiger partial charge in [0.15, 0.2) is 5.13 Å². The van der Waals surface area contributed by atoms with Crippen molar-refractivity contribution in [3.8, 4) is 16.6 Å². The number of rotatable bonds is 6. The van der Waals surface area contributed by atoms with Crippen LogP contribution in [-0.2, 0) is 21.1 Å². The third kappa shape index (κ3) is 6.60. The monoisotopic (exact) mass is 838 g/mol. The first-order valence-corrected chi connectivity index (χ1v) is 17.9. The van der Waals surface area contributed by atoms with Gasteiger partial charge in [0, 0.05) is 55.2 Å². The third-order valence-corrected chi connectivity index (χ3v) is 11.4. The Morgan fingerprint density at radius 3 is 2.25 bits per heavy atom. The zero-order valence-corrected chi connectivity index (χ0v) is 32.4. The van der Waals surface area contributed by atoms with E-state index in [-0.39, 0.29) is 31.9 Å². The van der Waals surface area contributed by atoms with Crippen molar-refractivity contribution in [2.24, 2.45) is 22.7 Å². The van der Waals surface area contributed by atoms with E-state index in [4.69, 9.17) is 9.72 Å². The molecule has 1 saturated carbocycles. The number of fused-ring (bicyclic) bond motifs is 3. The summed E-state index contributed by atoms with van der Waals surface area (Å²) in [6.45, 7) is 21.2. The van der Waals surface area contributed by atoms with Gasteiger partial charge in [-0.15, -0.1) is 52.7 Å². The van der Waals surface area contributed by atoms with Crippen molar-refractivity contribution in [1.82, 2.24) is 14.5 Å². The largest absolute Gasteiger partial charge is 0.509 e. The summed E-state index contributed by atoms with van der Waals surface area (Å²) in [7, 11) is 0. The van der Waals surface area contributed by atoms with E-state index in [9.17, 15) is 0 Å². The molecule has 5 aromatic rings. The minimum Gasteiger partial charge on any atom is -0.509 e. The summed E-state index contributed by atoms with van der Waals surface area (Å²) in [5.41, 5.74) is 3.52. The van der Waals surface area contributed by atoms with Crippen LogP contribution in [0.15, 0.2) is 73.2 Å². The SMILES string of the molecule is CC(C)c1cnc(-n2c3[c-]c(Oc4[c-]c(N5C=CN(C6C(C(C)(C)C)CCCC6C(C)(C)C)[CH-]5)ccc4)ccc3c3ccccc32)s1.[Pt]. The van der Waals surface area contributed by atoms with E-state index in [1.54, 1.807) is 11.3 Å². The summed E-state index contributed by atoms with van der Waals surface area (Å²) in [5, 5.41) is 3.26. The number of ether oxygens (including phenoxy) is 1. The second-order valence-electron chi connectivity index (χ2n) is 15.8. The Hall–Kier alpha value is -3.08. The Kier molecular flexibility index (Phi) is 9.65. The van der Waals surface area contributed by atoms with Crippen molar-refractivity contribution >= 4 is 38.8 Å². The maximum Gasteiger partial charge on any atom is 0.192 e. The number of nitrogens with zero attached hydrogens (tertiary/aromatic N) is 4. The van der Waals surface area contributed by atoms with Crippen molar-refractivity contribution in [3.63, 3.8) is 0 Å². The molecular formula is C41H47N4OPtS-3. The second kappa shape index (κ2) is 13.3. The number of hydrogen-bond donors (Lipinski definition) is 0. The van der Waals surface area contributed by atoms with Gasteiger partial charge in [-0.1, -0.05) is 85.5 Å². The molecule has 2 aromatic heterocycles. The van der Waals surface area contributed by atoms with Gasteiger partial charge < -0.3 is 19.1 Å². The van der Waals surface area contributed by atoms with Crippen molar-refractivity contribution in [3.05, 3.63) is 96.9 Å². The van der Waals surface area contributed by atoms with Crippen LogP contribution in [0.3, 0.4) is 0 Å². The normalized spacial score (nSPS) is 20.2. The van der Waals surface area contributed by atoms with Crippen LogP contribution >= 0.6 is 11.3 Å². The van der Waals surface area contributed by atoms with E-state index in [0.29, 0.717) is 35.3 Å². The minimum atomic E-state index is 0. The minimum absolute atomic E-state index is 0. The fraction of sp³-hybridized carbons (Fsp3) is 0.415. The molecule has 0 saturated heterocycles. The van der Waals surface area contributed by atoms with E-state index < -0.39 is 0 Å². The summed E-state index contributed by atoms with van der Waals surface area (Å²) in [5.74, 6) is 2.97. The average molecular weight is 839 g/mol. The maximum atomic E-state index is 6.46. The molecule has 0 amide bonds. The topological polar surface area (TPSA) is 33.5 Å². The molecule has 0 N–H and O–H groups in total. The summed E-state index contributed by atoms with van der Waals surface area (Å²) in [4.78, 5) is 10.7.